The van der Waals surface area contributed by atoms with E-state index in [2.05, 4.69) is 0 Å². The number of halogens is 1. The van der Waals surface area contributed by atoms with Crippen LogP contribution >= 0.6 is 19.2 Å². The monoisotopic (exact) mass is 230 g/mol. The van der Waals surface area contributed by atoms with Crippen molar-refractivity contribution < 1.29 is 24.4 Å². The van der Waals surface area contributed by atoms with Crippen LogP contribution < -0.4 is 0 Å². The van der Waals surface area contributed by atoms with Gasteiger partial charge in [0.15, 0.2) is 0 Å². The summed E-state index contributed by atoms with van der Waals surface area (Å²) >= 11 is 5.36. The molecule has 0 aromatic heterocycles. The van der Waals surface area contributed by atoms with Gasteiger partial charge in [0.05, 0.1) is 5.56 Å². The van der Waals surface area contributed by atoms with Crippen molar-refractivity contribution in [1.82, 2.24) is 0 Å². The third-order valence-corrected chi connectivity index (χ3v) is 3.32. The quantitative estimate of drug-likeness (QED) is 0.222. The van der Waals surface area contributed by atoms with Crippen molar-refractivity contribution in [3.8, 4) is 0 Å². The summed E-state index contributed by atoms with van der Waals surface area (Å²) in [6.45, 7) is 0. The van der Waals surface area contributed by atoms with E-state index < -0.39 is 20.3 Å². The van der Waals surface area contributed by atoms with Gasteiger partial charge in [-0.3, -0.25) is 4.57 Å². The molecule has 8 heteroatoms. The third kappa shape index (κ3) is 5.68. The van der Waals surface area contributed by atoms with E-state index in [0.29, 0.717) is 18.7 Å². The van der Waals surface area contributed by atoms with E-state index >= 15 is 0 Å². The average Bonchev–Trinajstić information content (AvgIpc) is 1.94. The first-order chi connectivity index (χ1) is 5.89. The second-order valence-corrected chi connectivity index (χ2v) is 4.97. The minimum Gasteiger partial charge on any atom is -0.426 e. The average molecular weight is 230 g/mol. The highest BCUT2D eigenvalue weighted by Gasteiger charge is 2.37. The van der Waals surface area contributed by atoms with Crippen LogP contribution in [-0.2, 0) is 4.57 Å². The molecular formula is C5H13BClO5P. The van der Waals surface area contributed by atoms with E-state index in [1.807, 2.05) is 0 Å². The van der Waals surface area contributed by atoms with E-state index in [1.54, 1.807) is 0 Å². The second-order valence-electron chi connectivity index (χ2n) is 2.75. The van der Waals surface area contributed by atoms with Crippen LogP contribution in [0, 0.1) is 0 Å². The Hall–Kier alpha value is 0.425. The Morgan fingerprint density at radius 2 is 1.85 bits per heavy atom. The standard InChI is InChI=1S/C5H13BClO5P/c7-4-2-1-3-5(6(8)9)13(10,11)12/h5,8-9H,1-4H2,(H2,10,11,12). The van der Waals surface area contributed by atoms with Crippen molar-refractivity contribution in [2.24, 2.45) is 0 Å². The molecule has 4 N–H and O–H groups in total. The molecule has 0 bridgehead atoms. The maximum absolute atomic E-state index is 10.7. The summed E-state index contributed by atoms with van der Waals surface area (Å²) in [7, 11) is -6.39. The minimum absolute atomic E-state index is 0.0642. The molecule has 0 amide bonds. The Morgan fingerprint density at radius 3 is 2.15 bits per heavy atom. The van der Waals surface area contributed by atoms with E-state index in [-0.39, 0.29) is 6.42 Å². The zero-order valence-corrected chi connectivity index (χ0v) is 8.66. The Balaban J connectivity index is 4.05. The van der Waals surface area contributed by atoms with E-state index in [0.717, 1.165) is 0 Å². The van der Waals surface area contributed by atoms with Crippen LogP contribution in [0.2, 0.25) is 0 Å². The Kier molecular flexibility index (Phi) is 6.21. The van der Waals surface area contributed by atoms with Gasteiger partial charge in [-0.05, 0) is 12.8 Å². The second kappa shape index (κ2) is 6.01. The summed E-state index contributed by atoms with van der Waals surface area (Å²) in [6, 6.07) is 0. The smallest absolute Gasteiger partial charge is 0.426 e. The van der Waals surface area contributed by atoms with Gasteiger partial charge in [0.2, 0.25) is 0 Å². The SMILES string of the molecule is O=P(O)(O)C(CCCCCl)B(O)O. The Labute approximate surface area is 82.0 Å². The lowest BCUT2D eigenvalue weighted by Crippen LogP contribution is -2.31. The van der Waals surface area contributed by atoms with Gasteiger partial charge < -0.3 is 19.8 Å². The van der Waals surface area contributed by atoms with Gasteiger partial charge >= 0.3 is 14.7 Å². The summed E-state index contributed by atoms with van der Waals surface area (Å²) < 4.78 is 10.7. The number of unbranched alkanes of at least 4 members (excludes halogenated alkanes) is 1. The highest BCUT2D eigenvalue weighted by atomic mass is 35.5. The lowest BCUT2D eigenvalue weighted by atomic mass is 9.82. The Bertz CT molecular complexity index is 184. The summed E-state index contributed by atoms with van der Waals surface area (Å²) in [6.07, 6.45) is 1.14. The molecule has 0 heterocycles. The van der Waals surface area contributed by atoms with Gasteiger partial charge in [0.25, 0.3) is 0 Å². The van der Waals surface area contributed by atoms with E-state index in [4.69, 9.17) is 31.4 Å². The normalized spacial score (nSPS) is 14.2. The lowest BCUT2D eigenvalue weighted by Gasteiger charge is -2.16. The van der Waals surface area contributed by atoms with Crippen LogP contribution in [0.15, 0.2) is 0 Å². The molecule has 1 unspecified atom stereocenters. The molecule has 0 aliphatic carbocycles. The number of rotatable bonds is 6. The zero-order chi connectivity index (χ0) is 10.5. The summed E-state index contributed by atoms with van der Waals surface area (Å²) in [5, 5.41) is 17.4. The van der Waals surface area contributed by atoms with Crippen molar-refractivity contribution in [2.45, 2.75) is 24.8 Å². The molecule has 0 aromatic carbocycles. The van der Waals surface area contributed by atoms with Crippen LogP contribution in [0.1, 0.15) is 19.3 Å². The topological polar surface area (TPSA) is 98.0 Å². The van der Waals surface area contributed by atoms with Crippen LogP contribution in [0.25, 0.3) is 0 Å². The fourth-order valence-electron chi connectivity index (χ4n) is 0.939. The van der Waals surface area contributed by atoms with Crippen molar-refractivity contribution in [3.05, 3.63) is 0 Å². The number of alkyl halides is 1. The summed E-state index contributed by atoms with van der Waals surface area (Å²) in [4.78, 5) is 17.4. The van der Waals surface area contributed by atoms with Gasteiger partial charge in [-0.2, -0.15) is 0 Å². The first-order valence-corrected chi connectivity index (χ1v) is 6.08. The molecule has 5 nitrogen and oxygen atoms in total. The van der Waals surface area contributed by atoms with Gasteiger partial charge in [-0.15, -0.1) is 11.6 Å². The molecule has 0 aliphatic heterocycles. The summed E-state index contributed by atoms with van der Waals surface area (Å²) in [5.74, 6) is 0.398. The molecule has 0 saturated heterocycles. The predicted molar refractivity (Wildman–Crippen MR) is 50.6 cm³/mol. The Morgan fingerprint density at radius 1 is 1.31 bits per heavy atom. The molecule has 78 valence electrons. The highest BCUT2D eigenvalue weighted by molar-refractivity contribution is 7.55. The van der Waals surface area contributed by atoms with Gasteiger partial charge in [-0.1, -0.05) is 6.42 Å². The van der Waals surface area contributed by atoms with Crippen molar-refractivity contribution >= 4 is 26.3 Å². The highest BCUT2D eigenvalue weighted by Crippen LogP contribution is 2.43. The van der Waals surface area contributed by atoms with Crippen molar-refractivity contribution in [3.63, 3.8) is 0 Å². The molecule has 0 spiro atoms. The maximum Gasteiger partial charge on any atom is 0.467 e. The summed E-state index contributed by atoms with van der Waals surface area (Å²) in [5.41, 5.74) is -1.39. The predicted octanol–water partition coefficient (Wildman–Crippen LogP) is -0.0462. The first-order valence-electron chi connectivity index (χ1n) is 3.87. The molecular weight excluding hydrogens is 217 g/mol. The largest absolute Gasteiger partial charge is 0.467 e. The van der Waals surface area contributed by atoms with Crippen LogP contribution in [0.4, 0.5) is 0 Å². The molecule has 13 heavy (non-hydrogen) atoms. The third-order valence-electron chi connectivity index (χ3n) is 1.66. The number of hydrogen-bond acceptors (Lipinski definition) is 3. The molecule has 0 fully saturated rings. The van der Waals surface area contributed by atoms with Crippen LogP contribution in [0.5, 0.6) is 0 Å². The van der Waals surface area contributed by atoms with E-state index in [1.165, 1.54) is 0 Å². The molecule has 0 aliphatic rings. The van der Waals surface area contributed by atoms with Crippen molar-refractivity contribution in [1.29, 1.82) is 0 Å². The fourth-order valence-corrected chi connectivity index (χ4v) is 1.99. The van der Waals surface area contributed by atoms with Gasteiger partial charge in [0.1, 0.15) is 0 Å². The van der Waals surface area contributed by atoms with Crippen LogP contribution in [-0.4, -0.2) is 38.4 Å². The van der Waals surface area contributed by atoms with E-state index in [9.17, 15) is 4.57 Å². The molecule has 0 rings (SSSR count). The minimum atomic E-state index is -4.42. The molecule has 0 saturated carbocycles. The maximum atomic E-state index is 10.7. The van der Waals surface area contributed by atoms with Gasteiger partial charge in [-0.25, -0.2) is 0 Å². The lowest BCUT2D eigenvalue weighted by molar-refractivity contribution is 0.341. The first kappa shape index (κ1) is 13.4. The van der Waals surface area contributed by atoms with Crippen molar-refractivity contribution in [2.75, 3.05) is 5.88 Å². The molecule has 0 aromatic rings. The fraction of sp³-hybridized carbons (Fsp3) is 1.00. The number of hydrogen-bond donors (Lipinski definition) is 4. The molecule has 0 radical (unpaired) electrons. The van der Waals surface area contributed by atoms with Crippen LogP contribution in [0.3, 0.4) is 0 Å². The molecule has 1 atom stereocenters. The zero-order valence-electron chi connectivity index (χ0n) is 7.01. The van der Waals surface area contributed by atoms with Gasteiger partial charge in [0, 0.05) is 5.88 Å².